The molecule has 1 aliphatic rings. The van der Waals surface area contributed by atoms with Crippen molar-refractivity contribution in [3.63, 3.8) is 0 Å². The van der Waals surface area contributed by atoms with Gasteiger partial charge in [-0.05, 0) is 53.9 Å². The lowest BCUT2D eigenvalue weighted by Gasteiger charge is -2.25. The Morgan fingerprint density at radius 1 is 0.889 bits per heavy atom. The van der Waals surface area contributed by atoms with Crippen molar-refractivity contribution in [3.8, 4) is 17.2 Å². The first-order chi connectivity index (χ1) is 17.4. The summed E-state index contributed by atoms with van der Waals surface area (Å²) in [7, 11) is 4.70. The van der Waals surface area contributed by atoms with E-state index in [4.69, 9.17) is 14.2 Å². The standard InChI is InChI=1S/C28H26BrNO6/c1-34-21-11-7-18(8-12-21)25-24(26(31)19-5-9-20(29)10-6-19)27(32)28(33)30(25)15-14-17-4-13-22(35-2)23(16-17)36-3/h4-13,16,25,31H,14-15H2,1-3H3/b26-24+. The average molecular weight is 552 g/mol. The molecule has 4 rings (SSSR count). The number of benzene rings is 3. The van der Waals surface area contributed by atoms with Gasteiger partial charge in [-0.1, -0.05) is 46.3 Å². The number of aliphatic hydroxyl groups is 1. The monoisotopic (exact) mass is 551 g/mol. The van der Waals surface area contributed by atoms with Crippen molar-refractivity contribution in [2.75, 3.05) is 27.9 Å². The molecule has 8 heteroatoms. The summed E-state index contributed by atoms with van der Waals surface area (Å²) in [6.45, 7) is 0.258. The molecule has 1 unspecified atom stereocenters. The second kappa shape index (κ2) is 10.9. The Balaban J connectivity index is 1.74. The van der Waals surface area contributed by atoms with Gasteiger partial charge in [-0.2, -0.15) is 0 Å². The number of ether oxygens (including phenoxy) is 3. The second-order valence-electron chi connectivity index (χ2n) is 8.21. The number of carbonyl (C=O) groups excluding carboxylic acids is 2. The predicted octanol–water partition coefficient (Wildman–Crippen LogP) is 5.14. The SMILES string of the molecule is COc1ccc(C2/C(=C(\O)c3ccc(Br)cc3)C(=O)C(=O)N2CCc2ccc(OC)c(OC)c2)cc1. The van der Waals surface area contributed by atoms with Gasteiger partial charge in [0.1, 0.15) is 11.5 Å². The molecule has 0 spiro atoms. The summed E-state index contributed by atoms with van der Waals surface area (Å²) in [4.78, 5) is 27.9. The number of hydrogen-bond acceptors (Lipinski definition) is 6. The Labute approximate surface area is 218 Å². The van der Waals surface area contributed by atoms with Crippen LogP contribution in [0.5, 0.6) is 17.2 Å². The third-order valence-corrected chi connectivity index (χ3v) is 6.71. The van der Waals surface area contributed by atoms with Gasteiger partial charge in [-0.15, -0.1) is 0 Å². The zero-order chi connectivity index (χ0) is 25.8. The van der Waals surface area contributed by atoms with Crippen molar-refractivity contribution < 1.29 is 28.9 Å². The normalized spacial score (nSPS) is 16.8. The zero-order valence-electron chi connectivity index (χ0n) is 20.2. The van der Waals surface area contributed by atoms with Gasteiger partial charge in [0.25, 0.3) is 11.7 Å². The first kappa shape index (κ1) is 25.3. The molecule has 1 fully saturated rings. The summed E-state index contributed by atoms with van der Waals surface area (Å²) in [5.74, 6) is 0.246. The number of halogens is 1. The lowest BCUT2D eigenvalue weighted by molar-refractivity contribution is -0.139. The van der Waals surface area contributed by atoms with Crippen molar-refractivity contribution in [3.05, 3.63) is 93.5 Å². The molecule has 1 amide bonds. The highest BCUT2D eigenvalue weighted by molar-refractivity contribution is 9.10. The minimum Gasteiger partial charge on any atom is -0.507 e. The Hall–Kier alpha value is -3.78. The largest absolute Gasteiger partial charge is 0.507 e. The summed E-state index contributed by atoms with van der Waals surface area (Å²) >= 11 is 3.38. The van der Waals surface area contributed by atoms with Crippen LogP contribution >= 0.6 is 15.9 Å². The smallest absolute Gasteiger partial charge is 0.295 e. The minimum atomic E-state index is -0.750. The van der Waals surface area contributed by atoms with Crippen LogP contribution in [-0.4, -0.2) is 49.6 Å². The van der Waals surface area contributed by atoms with Crippen LogP contribution in [0.1, 0.15) is 22.7 Å². The number of likely N-dealkylation sites (tertiary alicyclic amines) is 1. The number of nitrogens with zero attached hydrogens (tertiary/aromatic N) is 1. The van der Waals surface area contributed by atoms with Gasteiger partial charge in [0.15, 0.2) is 11.5 Å². The van der Waals surface area contributed by atoms with Crippen LogP contribution < -0.4 is 14.2 Å². The van der Waals surface area contributed by atoms with Gasteiger partial charge < -0.3 is 24.2 Å². The maximum Gasteiger partial charge on any atom is 0.295 e. The predicted molar refractivity (Wildman–Crippen MR) is 139 cm³/mol. The maximum absolute atomic E-state index is 13.2. The number of ketones is 1. The molecule has 36 heavy (non-hydrogen) atoms. The third-order valence-electron chi connectivity index (χ3n) is 6.18. The highest BCUT2D eigenvalue weighted by Crippen LogP contribution is 2.40. The van der Waals surface area contributed by atoms with E-state index >= 15 is 0 Å². The highest BCUT2D eigenvalue weighted by Gasteiger charge is 2.45. The summed E-state index contributed by atoms with van der Waals surface area (Å²) < 4.78 is 16.8. The fourth-order valence-corrected chi connectivity index (χ4v) is 4.56. The van der Waals surface area contributed by atoms with Gasteiger partial charge >= 0.3 is 0 Å². The van der Waals surface area contributed by atoms with Crippen LogP contribution in [0.4, 0.5) is 0 Å². The molecule has 3 aromatic rings. The van der Waals surface area contributed by atoms with Crippen molar-refractivity contribution in [1.82, 2.24) is 4.90 Å². The van der Waals surface area contributed by atoms with Crippen LogP contribution in [0, 0.1) is 0 Å². The van der Waals surface area contributed by atoms with Crippen LogP contribution in [0.25, 0.3) is 5.76 Å². The van der Waals surface area contributed by atoms with E-state index < -0.39 is 17.7 Å². The summed E-state index contributed by atoms with van der Waals surface area (Å²) in [6.07, 6.45) is 0.471. The zero-order valence-corrected chi connectivity index (χ0v) is 21.7. The van der Waals surface area contributed by atoms with E-state index in [1.165, 1.54) is 4.90 Å². The average Bonchev–Trinajstić information content (AvgIpc) is 3.16. The quantitative estimate of drug-likeness (QED) is 0.237. The Kier molecular flexibility index (Phi) is 7.64. The number of rotatable bonds is 8. The maximum atomic E-state index is 13.2. The Morgan fingerprint density at radius 3 is 2.17 bits per heavy atom. The van der Waals surface area contributed by atoms with Crippen LogP contribution in [0.3, 0.4) is 0 Å². The fourth-order valence-electron chi connectivity index (χ4n) is 4.29. The van der Waals surface area contributed by atoms with E-state index in [0.717, 1.165) is 10.0 Å². The molecule has 1 heterocycles. The molecule has 0 saturated carbocycles. The third kappa shape index (κ3) is 4.95. The first-order valence-corrected chi connectivity index (χ1v) is 12.1. The molecule has 0 radical (unpaired) electrons. The molecular weight excluding hydrogens is 526 g/mol. The summed E-state index contributed by atoms with van der Waals surface area (Å²) in [5.41, 5.74) is 2.12. The summed E-state index contributed by atoms with van der Waals surface area (Å²) in [6, 6.07) is 18.9. The van der Waals surface area contributed by atoms with Crippen molar-refractivity contribution in [2.45, 2.75) is 12.5 Å². The van der Waals surface area contributed by atoms with Gasteiger partial charge in [0.05, 0.1) is 32.9 Å². The van der Waals surface area contributed by atoms with Gasteiger partial charge in [-0.3, -0.25) is 9.59 Å². The minimum absolute atomic E-state index is 0.0554. The number of aliphatic hydroxyl groups excluding tert-OH is 1. The molecule has 0 bridgehead atoms. The number of methoxy groups -OCH3 is 3. The van der Waals surface area contributed by atoms with Crippen LogP contribution in [-0.2, 0) is 16.0 Å². The van der Waals surface area contributed by atoms with Crippen LogP contribution in [0.15, 0.2) is 76.8 Å². The van der Waals surface area contributed by atoms with E-state index in [9.17, 15) is 14.7 Å². The number of Topliss-reactive ketones (excluding diaryl/α,β-unsaturated/α-hetero) is 1. The molecule has 3 aromatic carbocycles. The van der Waals surface area contributed by atoms with Gasteiger partial charge in [-0.25, -0.2) is 0 Å². The van der Waals surface area contributed by atoms with E-state index in [0.29, 0.717) is 34.8 Å². The van der Waals surface area contributed by atoms with E-state index in [1.807, 2.05) is 12.1 Å². The van der Waals surface area contributed by atoms with E-state index in [1.54, 1.807) is 75.9 Å². The van der Waals surface area contributed by atoms with Gasteiger partial charge in [0.2, 0.25) is 0 Å². The fraction of sp³-hybridized carbons (Fsp3) is 0.214. The Bertz CT molecular complexity index is 1300. The lowest BCUT2D eigenvalue weighted by atomic mass is 9.95. The molecule has 186 valence electrons. The highest BCUT2D eigenvalue weighted by atomic mass is 79.9. The first-order valence-electron chi connectivity index (χ1n) is 11.3. The topological polar surface area (TPSA) is 85.3 Å². The van der Waals surface area contributed by atoms with Gasteiger partial charge in [0, 0.05) is 16.6 Å². The molecule has 1 saturated heterocycles. The molecule has 7 nitrogen and oxygen atoms in total. The number of hydrogen-bond donors (Lipinski definition) is 1. The molecule has 0 aromatic heterocycles. The number of carbonyl (C=O) groups is 2. The molecular formula is C28H26BrNO6. The lowest BCUT2D eigenvalue weighted by Crippen LogP contribution is -2.31. The molecule has 0 aliphatic carbocycles. The number of amides is 1. The molecule has 1 N–H and O–H groups in total. The molecule has 1 atom stereocenters. The molecule has 1 aliphatic heterocycles. The summed E-state index contributed by atoms with van der Waals surface area (Å²) in [5, 5.41) is 11.2. The van der Waals surface area contributed by atoms with Crippen LogP contribution in [0.2, 0.25) is 0 Å². The van der Waals surface area contributed by atoms with E-state index in [2.05, 4.69) is 15.9 Å². The second-order valence-corrected chi connectivity index (χ2v) is 9.13. The van der Waals surface area contributed by atoms with Crippen molar-refractivity contribution in [2.24, 2.45) is 0 Å². The van der Waals surface area contributed by atoms with E-state index in [-0.39, 0.29) is 17.9 Å². The van der Waals surface area contributed by atoms with Crippen molar-refractivity contribution >= 4 is 33.4 Å². The van der Waals surface area contributed by atoms with Crippen molar-refractivity contribution in [1.29, 1.82) is 0 Å². The Morgan fingerprint density at radius 2 is 1.56 bits per heavy atom.